The average Bonchev–Trinajstić information content (AvgIpc) is 2.84. The minimum atomic E-state index is -1.04. The smallest absolute Gasteiger partial charge is 0.305 e. The minimum Gasteiger partial charge on any atom is -0.481 e. The van der Waals surface area contributed by atoms with Gasteiger partial charge in [0.15, 0.2) is 0 Å². The van der Waals surface area contributed by atoms with E-state index in [0.717, 1.165) is 12.1 Å². The molecule has 1 aliphatic rings. The number of rotatable bonds is 5. The maximum Gasteiger partial charge on any atom is 0.305 e. The zero-order chi connectivity index (χ0) is 17.1. The van der Waals surface area contributed by atoms with Crippen molar-refractivity contribution >= 4 is 23.5 Å². The number of aliphatic carboxylic acids is 1. The van der Waals surface area contributed by atoms with E-state index in [-0.39, 0.29) is 31.6 Å². The van der Waals surface area contributed by atoms with E-state index in [1.165, 1.54) is 16.8 Å². The number of amides is 2. The fraction of sp³-hybridized carbons (Fsp3) is 0.400. The van der Waals surface area contributed by atoms with E-state index in [4.69, 9.17) is 5.11 Å². The summed E-state index contributed by atoms with van der Waals surface area (Å²) in [6, 6.07) is 2.76. The summed E-state index contributed by atoms with van der Waals surface area (Å²) in [5.74, 6) is -4.64. The third-order valence-corrected chi connectivity index (χ3v) is 3.70. The molecule has 1 saturated heterocycles. The summed E-state index contributed by atoms with van der Waals surface area (Å²) in [6.45, 7) is 0.164. The van der Waals surface area contributed by atoms with Gasteiger partial charge in [0.1, 0.15) is 17.6 Å². The van der Waals surface area contributed by atoms with Gasteiger partial charge in [-0.05, 0) is 18.6 Å². The lowest BCUT2D eigenvalue weighted by atomic mass is 10.1. The monoisotopic (exact) mass is 326 g/mol. The summed E-state index contributed by atoms with van der Waals surface area (Å²) in [4.78, 5) is 37.4. The molecule has 124 valence electrons. The highest BCUT2D eigenvalue weighted by Gasteiger charge is 2.39. The van der Waals surface area contributed by atoms with Crippen molar-refractivity contribution in [3.63, 3.8) is 0 Å². The first kappa shape index (κ1) is 16.9. The van der Waals surface area contributed by atoms with Gasteiger partial charge in [-0.3, -0.25) is 14.4 Å². The Labute approximate surface area is 131 Å². The summed E-state index contributed by atoms with van der Waals surface area (Å²) in [5, 5.41) is 8.62. The molecular formula is C15H16F2N2O4. The number of halogens is 2. The molecule has 0 aliphatic carbocycles. The van der Waals surface area contributed by atoms with Crippen molar-refractivity contribution in [1.82, 2.24) is 4.90 Å². The zero-order valence-electron chi connectivity index (χ0n) is 12.5. The number of carbonyl (C=O) groups excluding carboxylic acids is 2. The van der Waals surface area contributed by atoms with Gasteiger partial charge in [0, 0.05) is 31.9 Å². The van der Waals surface area contributed by atoms with Crippen LogP contribution in [-0.4, -0.2) is 47.9 Å². The molecule has 1 fully saturated rings. The quantitative estimate of drug-likeness (QED) is 0.826. The third-order valence-electron chi connectivity index (χ3n) is 3.70. The van der Waals surface area contributed by atoms with Crippen molar-refractivity contribution in [2.75, 3.05) is 25.0 Å². The van der Waals surface area contributed by atoms with E-state index in [2.05, 4.69) is 0 Å². The van der Waals surface area contributed by atoms with Gasteiger partial charge in [0.2, 0.25) is 11.8 Å². The average molecular weight is 326 g/mol. The number of hydrogen-bond donors (Lipinski definition) is 1. The normalized spacial score (nSPS) is 17.4. The minimum absolute atomic E-state index is 0.00740. The molecule has 6 nitrogen and oxygen atoms in total. The molecule has 23 heavy (non-hydrogen) atoms. The molecule has 0 aromatic heterocycles. The Hall–Kier alpha value is -2.51. The van der Waals surface area contributed by atoms with Crippen LogP contribution in [0.3, 0.4) is 0 Å². The Kier molecular flexibility index (Phi) is 4.92. The van der Waals surface area contributed by atoms with Crippen molar-refractivity contribution in [2.24, 2.45) is 5.92 Å². The van der Waals surface area contributed by atoms with Crippen LogP contribution in [0, 0.1) is 17.6 Å². The fourth-order valence-corrected chi connectivity index (χ4v) is 2.50. The number of carboxylic acids is 1. The molecule has 0 spiro atoms. The van der Waals surface area contributed by atoms with Crippen molar-refractivity contribution in [3.05, 3.63) is 29.8 Å². The van der Waals surface area contributed by atoms with E-state index in [1.54, 1.807) is 0 Å². The van der Waals surface area contributed by atoms with Crippen LogP contribution in [0.15, 0.2) is 18.2 Å². The molecule has 1 aromatic rings. The summed E-state index contributed by atoms with van der Waals surface area (Å²) < 4.78 is 26.5. The third kappa shape index (κ3) is 3.82. The number of benzene rings is 1. The summed E-state index contributed by atoms with van der Waals surface area (Å²) in [7, 11) is 1.42. The second kappa shape index (κ2) is 6.72. The molecule has 1 atom stereocenters. The van der Waals surface area contributed by atoms with Crippen molar-refractivity contribution in [3.8, 4) is 0 Å². The van der Waals surface area contributed by atoms with Crippen LogP contribution in [0.4, 0.5) is 14.5 Å². The Bertz CT molecular complexity index is 630. The van der Waals surface area contributed by atoms with Crippen LogP contribution in [0.1, 0.15) is 12.8 Å². The number of nitrogens with zero attached hydrogens (tertiary/aromatic N) is 2. The van der Waals surface area contributed by atoms with E-state index in [0.29, 0.717) is 6.07 Å². The molecule has 0 bridgehead atoms. The van der Waals surface area contributed by atoms with Crippen LogP contribution in [-0.2, 0) is 14.4 Å². The number of anilines is 1. The number of hydrogen-bond acceptors (Lipinski definition) is 3. The molecular weight excluding hydrogens is 310 g/mol. The van der Waals surface area contributed by atoms with Gasteiger partial charge in [-0.2, -0.15) is 0 Å². The van der Waals surface area contributed by atoms with Crippen LogP contribution >= 0.6 is 0 Å². The number of carboxylic acid groups (broad SMARTS) is 1. The zero-order valence-corrected chi connectivity index (χ0v) is 12.5. The standard InChI is InChI=1S/C15H16F2N2O4/c1-18(4-3-13(20)21)14(22)12-2-5-19(15(12)23)11-7-9(16)6-10(17)8-11/h6-8,12H,2-5H2,1H3,(H,20,21)/t12-/m0/s1. The van der Waals surface area contributed by atoms with Gasteiger partial charge in [-0.1, -0.05) is 0 Å². The second-order valence-electron chi connectivity index (χ2n) is 5.36. The van der Waals surface area contributed by atoms with E-state index < -0.39 is 35.3 Å². The molecule has 1 aliphatic heterocycles. The lowest BCUT2D eigenvalue weighted by molar-refractivity contribution is -0.140. The Morgan fingerprint density at radius 3 is 2.48 bits per heavy atom. The molecule has 8 heteroatoms. The SMILES string of the molecule is CN(CCC(=O)O)C(=O)[C@@H]1CCN(c2cc(F)cc(F)c2)C1=O. The van der Waals surface area contributed by atoms with Gasteiger partial charge >= 0.3 is 5.97 Å². The predicted octanol–water partition coefficient (Wildman–Crippen LogP) is 1.25. The van der Waals surface area contributed by atoms with Crippen molar-refractivity contribution in [1.29, 1.82) is 0 Å². The van der Waals surface area contributed by atoms with Crippen molar-refractivity contribution in [2.45, 2.75) is 12.8 Å². The predicted molar refractivity (Wildman–Crippen MR) is 76.7 cm³/mol. The van der Waals surface area contributed by atoms with Gasteiger partial charge in [0.25, 0.3) is 0 Å². The summed E-state index contributed by atoms with van der Waals surface area (Å²) >= 11 is 0. The first-order valence-corrected chi connectivity index (χ1v) is 7.04. The van der Waals surface area contributed by atoms with Crippen LogP contribution in [0.2, 0.25) is 0 Å². The highest BCUT2D eigenvalue weighted by molar-refractivity contribution is 6.09. The van der Waals surface area contributed by atoms with Crippen LogP contribution in [0.25, 0.3) is 0 Å². The van der Waals surface area contributed by atoms with Crippen LogP contribution < -0.4 is 4.90 Å². The first-order chi connectivity index (χ1) is 10.8. The highest BCUT2D eigenvalue weighted by Crippen LogP contribution is 2.27. The molecule has 0 radical (unpaired) electrons. The summed E-state index contributed by atoms with van der Waals surface area (Å²) in [5.41, 5.74) is 0.0657. The highest BCUT2D eigenvalue weighted by atomic mass is 19.1. The lowest BCUT2D eigenvalue weighted by Crippen LogP contribution is -2.39. The molecule has 2 amide bonds. The Morgan fingerprint density at radius 2 is 1.91 bits per heavy atom. The largest absolute Gasteiger partial charge is 0.481 e. The van der Waals surface area contributed by atoms with Crippen molar-refractivity contribution < 1.29 is 28.3 Å². The van der Waals surface area contributed by atoms with Crippen LogP contribution in [0.5, 0.6) is 0 Å². The summed E-state index contributed by atoms with van der Waals surface area (Å²) in [6.07, 6.45) is -0.00478. The van der Waals surface area contributed by atoms with Gasteiger partial charge < -0.3 is 14.9 Å². The molecule has 1 N–H and O–H groups in total. The van der Waals surface area contributed by atoms with E-state index >= 15 is 0 Å². The number of carbonyl (C=O) groups is 3. The van der Waals surface area contributed by atoms with Gasteiger partial charge in [-0.25, -0.2) is 8.78 Å². The molecule has 2 rings (SSSR count). The van der Waals surface area contributed by atoms with E-state index in [1.807, 2.05) is 0 Å². The van der Waals surface area contributed by atoms with Gasteiger partial charge in [-0.15, -0.1) is 0 Å². The fourth-order valence-electron chi connectivity index (χ4n) is 2.50. The van der Waals surface area contributed by atoms with E-state index in [9.17, 15) is 23.2 Å². The molecule has 0 saturated carbocycles. The lowest BCUT2D eigenvalue weighted by Gasteiger charge is -2.20. The molecule has 1 aromatic carbocycles. The molecule has 1 heterocycles. The Balaban J connectivity index is 2.09. The Morgan fingerprint density at radius 1 is 1.30 bits per heavy atom. The maximum atomic E-state index is 13.3. The van der Waals surface area contributed by atoms with Gasteiger partial charge in [0.05, 0.1) is 6.42 Å². The topological polar surface area (TPSA) is 77.9 Å². The molecule has 0 unspecified atom stereocenters. The maximum absolute atomic E-state index is 13.3. The second-order valence-corrected chi connectivity index (χ2v) is 5.36. The first-order valence-electron chi connectivity index (χ1n) is 7.04.